The van der Waals surface area contributed by atoms with Gasteiger partial charge in [-0.1, -0.05) is 23.8 Å². The summed E-state index contributed by atoms with van der Waals surface area (Å²) in [6, 6.07) is 14.9. The average molecular weight is 276 g/mol. The van der Waals surface area contributed by atoms with Crippen LogP contribution in [0.3, 0.4) is 0 Å². The second-order valence-corrected chi connectivity index (χ2v) is 5.56. The van der Waals surface area contributed by atoms with E-state index in [1.165, 1.54) is 27.1 Å². The molecule has 0 saturated carbocycles. The highest BCUT2D eigenvalue weighted by Gasteiger charge is 2.13. The van der Waals surface area contributed by atoms with E-state index in [9.17, 15) is 0 Å². The summed E-state index contributed by atoms with van der Waals surface area (Å²) in [6.07, 6.45) is 0. The summed E-state index contributed by atoms with van der Waals surface area (Å²) in [5.74, 6) is 1.81. The van der Waals surface area contributed by atoms with Gasteiger partial charge >= 0.3 is 0 Å². The molecule has 3 aromatic carbocycles. The fourth-order valence-corrected chi connectivity index (χ4v) is 3.10. The van der Waals surface area contributed by atoms with Crippen LogP contribution in [0.2, 0.25) is 0 Å². The Morgan fingerprint density at radius 2 is 1.52 bits per heavy atom. The van der Waals surface area contributed by atoms with Gasteiger partial charge in [-0.3, -0.25) is 0 Å². The van der Waals surface area contributed by atoms with Gasteiger partial charge in [0.2, 0.25) is 0 Å². The zero-order chi connectivity index (χ0) is 14.6. The molecule has 0 N–H and O–H groups in total. The molecule has 0 atom stereocenters. The molecule has 104 valence electrons. The Morgan fingerprint density at radius 1 is 0.762 bits per heavy atom. The van der Waals surface area contributed by atoms with Crippen molar-refractivity contribution in [1.82, 2.24) is 0 Å². The van der Waals surface area contributed by atoms with Gasteiger partial charge in [0.25, 0.3) is 0 Å². The summed E-state index contributed by atoms with van der Waals surface area (Å²) in [6.45, 7) is 4.12. The minimum atomic E-state index is 0.868. The molecular formula is C19H16O2. The van der Waals surface area contributed by atoms with E-state index in [4.69, 9.17) is 9.15 Å². The third kappa shape index (κ3) is 1.72. The first-order valence-corrected chi connectivity index (χ1v) is 7.07. The molecule has 0 aliphatic rings. The van der Waals surface area contributed by atoms with Gasteiger partial charge < -0.3 is 9.15 Å². The molecule has 0 aliphatic carbocycles. The van der Waals surface area contributed by atoms with Crippen molar-refractivity contribution >= 4 is 32.5 Å². The lowest BCUT2D eigenvalue weighted by Gasteiger charge is -2.09. The Hall–Kier alpha value is -2.48. The van der Waals surface area contributed by atoms with E-state index in [1.807, 2.05) is 13.0 Å². The summed E-state index contributed by atoms with van der Waals surface area (Å²) in [7, 11) is 1.70. The molecule has 0 fully saturated rings. The maximum Gasteiger partial charge on any atom is 0.142 e. The van der Waals surface area contributed by atoms with Crippen molar-refractivity contribution in [3.63, 3.8) is 0 Å². The number of hydrogen-bond acceptors (Lipinski definition) is 2. The lowest BCUT2D eigenvalue weighted by atomic mass is 9.97. The van der Waals surface area contributed by atoms with Crippen molar-refractivity contribution in [3.05, 3.63) is 53.8 Å². The molecule has 4 rings (SSSR count). The van der Waals surface area contributed by atoms with Gasteiger partial charge in [-0.2, -0.15) is 0 Å². The number of benzene rings is 3. The molecule has 2 nitrogen and oxygen atoms in total. The van der Waals surface area contributed by atoms with Crippen molar-refractivity contribution < 1.29 is 9.15 Å². The molecule has 0 amide bonds. The number of aryl methyl sites for hydroxylation is 2. The van der Waals surface area contributed by atoms with E-state index in [0.29, 0.717) is 0 Å². The van der Waals surface area contributed by atoms with Gasteiger partial charge in [-0.25, -0.2) is 0 Å². The number of hydrogen-bond donors (Lipinski definition) is 0. The summed E-state index contributed by atoms with van der Waals surface area (Å²) < 4.78 is 11.3. The largest absolute Gasteiger partial charge is 0.497 e. The Bertz CT molecular complexity index is 993. The number of ether oxygens (including phenoxy) is 1. The highest BCUT2D eigenvalue weighted by molar-refractivity contribution is 6.24. The number of methoxy groups -OCH3 is 1. The Labute approximate surface area is 122 Å². The molecule has 2 heteroatoms. The van der Waals surface area contributed by atoms with E-state index >= 15 is 0 Å². The number of rotatable bonds is 1. The maximum absolute atomic E-state index is 5.95. The predicted molar refractivity (Wildman–Crippen MR) is 87.3 cm³/mol. The number of fused-ring (bicyclic) bond motifs is 6. The fourth-order valence-electron chi connectivity index (χ4n) is 3.10. The van der Waals surface area contributed by atoms with Crippen LogP contribution in [0.15, 0.2) is 46.9 Å². The molecule has 0 saturated heterocycles. The quantitative estimate of drug-likeness (QED) is 0.436. The van der Waals surface area contributed by atoms with Gasteiger partial charge in [0.05, 0.1) is 7.11 Å². The third-order valence-corrected chi connectivity index (χ3v) is 4.08. The first-order chi connectivity index (χ1) is 10.2. The van der Waals surface area contributed by atoms with Crippen molar-refractivity contribution in [3.8, 4) is 5.75 Å². The molecule has 0 unspecified atom stereocenters. The second-order valence-electron chi connectivity index (χ2n) is 5.56. The van der Waals surface area contributed by atoms with Crippen LogP contribution in [-0.2, 0) is 0 Å². The van der Waals surface area contributed by atoms with Crippen LogP contribution in [-0.4, -0.2) is 7.11 Å². The third-order valence-electron chi connectivity index (χ3n) is 4.08. The Morgan fingerprint density at radius 3 is 2.33 bits per heavy atom. The van der Waals surface area contributed by atoms with Gasteiger partial charge in [0.1, 0.15) is 17.1 Å². The topological polar surface area (TPSA) is 22.4 Å². The van der Waals surface area contributed by atoms with E-state index < -0.39 is 0 Å². The van der Waals surface area contributed by atoms with Crippen molar-refractivity contribution in [2.75, 3.05) is 7.11 Å². The Kier molecular flexibility index (Phi) is 2.49. The zero-order valence-corrected chi connectivity index (χ0v) is 12.4. The van der Waals surface area contributed by atoms with Gasteiger partial charge in [0.15, 0.2) is 0 Å². The molecular weight excluding hydrogens is 260 g/mol. The fraction of sp³-hybridized carbons (Fsp3) is 0.158. The van der Waals surface area contributed by atoms with Crippen LogP contribution in [0.1, 0.15) is 11.3 Å². The first kappa shape index (κ1) is 12.3. The van der Waals surface area contributed by atoms with Crippen LogP contribution in [0, 0.1) is 13.8 Å². The summed E-state index contributed by atoms with van der Waals surface area (Å²) in [4.78, 5) is 0. The molecule has 1 heterocycles. The van der Waals surface area contributed by atoms with E-state index in [-0.39, 0.29) is 0 Å². The van der Waals surface area contributed by atoms with Crippen LogP contribution in [0.25, 0.3) is 32.5 Å². The normalized spacial score (nSPS) is 11.6. The zero-order valence-electron chi connectivity index (χ0n) is 12.4. The minimum absolute atomic E-state index is 0.868. The molecule has 0 radical (unpaired) electrons. The van der Waals surface area contributed by atoms with Crippen LogP contribution in [0.5, 0.6) is 5.75 Å². The molecule has 0 aliphatic heterocycles. The van der Waals surface area contributed by atoms with Crippen molar-refractivity contribution in [2.24, 2.45) is 0 Å². The van der Waals surface area contributed by atoms with E-state index in [2.05, 4.69) is 43.3 Å². The van der Waals surface area contributed by atoms with Crippen molar-refractivity contribution in [2.45, 2.75) is 13.8 Å². The lowest BCUT2D eigenvalue weighted by molar-refractivity contribution is 0.415. The minimum Gasteiger partial charge on any atom is -0.497 e. The lowest BCUT2D eigenvalue weighted by Crippen LogP contribution is -1.85. The first-order valence-electron chi connectivity index (χ1n) is 7.07. The maximum atomic E-state index is 5.95. The highest BCUT2D eigenvalue weighted by atomic mass is 16.5. The summed E-state index contributed by atoms with van der Waals surface area (Å²) in [5, 5.41) is 5.97. The van der Waals surface area contributed by atoms with Crippen molar-refractivity contribution in [1.29, 1.82) is 0 Å². The van der Waals surface area contributed by atoms with Gasteiger partial charge in [0, 0.05) is 10.8 Å². The van der Waals surface area contributed by atoms with Crippen LogP contribution >= 0.6 is 0 Å². The van der Waals surface area contributed by atoms with E-state index in [1.54, 1.807) is 7.11 Å². The molecule has 0 bridgehead atoms. The van der Waals surface area contributed by atoms with Crippen LogP contribution in [0.4, 0.5) is 0 Å². The van der Waals surface area contributed by atoms with Gasteiger partial charge in [-0.15, -0.1) is 0 Å². The SMILES string of the molecule is COc1ccc2c(c1)c1cc(C)ccc1c1cc(C)oc21. The average Bonchev–Trinajstić information content (AvgIpc) is 2.88. The highest BCUT2D eigenvalue weighted by Crippen LogP contribution is 2.38. The Balaban J connectivity index is 2.33. The molecule has 1 aromatic heterocycles. The molecule has 21 heavy (non-hydrogen) atoms. The van der Waals surface area contributed by atoms with E-state index in [0.717, 1.165) is 22.5 Å². The standard InChI is InChI=1S/C19H16O2/c1-11-4-6-14-16(8-11)17-10-13(20-3)5-7-15(17)19-18(14)9-12(2)21-19/h4-10H,1-3H3. The molecule has 0 spiro atoms. The number of furan rings is 1. The second kappa shape index (κ2) is 4.26. The molecule has 4 aromatic rings. The van der Waals surface area contributed by atoms with Gasteiger partial charge in [-0.05, 0) is 54.3 Å². The summed E-state index contributed by atoms with van der Waals surface area (Å²) >= 11 is 0. The monoisotopic (exact) mass is 276 g/mol. The summed E-state index contributed by atoms with van der Waals surface area (Å²) in [5.41, 5.74) is 2.22. The van der Waals surface area contributed by atoms with Crippen LogP contribution < -0.4 is 4.74 Å². The predicted octanol–water partition coefficient (Wildman–Crippen LogP) is 5.36. The smallest absolute Gasteiger partial charge is 0.142 e.